The number of benzene rings is 1. The Labute approximate surface area is 165 Å². The van der Waals surface area contributed by atoms with Gasteiger partial charge in [0.1, 0.15) is 0 Å². The normalized spacial score (nSPS) is 10.8. The smallest absolute Gasteiger partial charge is 0.188 e. The topological polar surface area (TPSA) is 81.8 Å². The molecule has 0 fully saturated rings. The first kappa shape index (κ1) is 21.0. The SMILES string of the molecule is COc1ccc(CCNC(N)=NCc2cccc(C)n2)cc1OC.I. The van der Waals surface area contributed by atoms with Crippen LogP contribution in [0.2, 0.25) is 0 Å². The van der Waals surface area contributed by atoms with E-state index in [0.29, 0.717) is 19.0 Å². The summed E-state index contributed by atoms with van der Waals surface area (Å²) in [7, 11) is 3.25. The third-order valence-electron chi connectivity index (χ3n) is 3.53. The molecule has 136 valence electrons. The molecule has 0 saturated carbocycles. The summed E-state index contributed by atoms with van der Waals surface area (Å²) in [5.41, 5.74) is 8.90. The molecule has 0 aliphatic rings. The lowest BCUT2D eigenvalue weighted by atomic mass is 10.1. The van der Waals surface area contributed by atoms with Gasteiger partial charge in [0.25, 0.3) is 0 Å². The number of rotatable bonds is 7. The van der Waals surface area contributed by atoms with E-state index in [0.717, 1.165) is 34.9 Å². The van der Waals surface area contributed by atoms with Crippen LogP contribution in [0.15, 0.2) is 41.4 Å². The summed E-state index contributed by atoms with van der Waals surface area (Å²) in [4.78, 5) is 8.70. The molecule has 1 aromatic carbocycles. The van der Waals surface area contributed by atoms with Gasteiger partial charge in [0, 0.05) is 12.2 Å². The van der Waals surface area contributed by atoms with Gasteiger partial charge in [-0.25, -0.2) is 4.99 Å². The molecule has 2 rings (SSSR count). The molecule has 1 heterocycles. The standard InChI is InChI=1S/C18H24N4O2.HI/c1-13-5-4-6-15(22-13)12-21-18(19)20-10-9-14-7-8-16(23-2)17(11-14)24-3;/h4-8,11H,9-10,12H2,1-3H3,(H3,19,20,21);1H. The van der Waals surface area contributed by atoms with Crippen molar-refractivity contribution < 1.29 is 9.47 Å². The van der Waals surface area contributed by atoms with Crippen LogP contribution in [0.25, 0.3) is 0 Å². The van der Waals surface area contributed by atoms with Crippen LogP contribution < -0.4 is 20.5 Å². The molecule has 0 spiro atoms. The van der Waals surface area contributed by atoms with Crippen molar-refractivity contribution in [1.82, 2.24) is 10.3 Å². The van der Waals surface area contributed by atoms with Crippen molar-refractivity contribution >= 4 is 29.9 Å². The lowest BCUT2D eigenvalue weighted by molar-refractivity contribution is 0.354. The molecule has 1 aromatic heterocycles. The molecule has 2 aromatic rings. The van der Waals surface area contributed by atoms with E-state index in [2.05, 4.69) is 15.3 Å². The zero-order valence-electron chi connectivity index (χ0n) is 14.8. The number of nitrogens with one attached hydrogen (secondary N) is 1. The molecule has 0 aliphatic heterocycles. The Kier molecular flexibility index (Phi) is 9.04. The molecule has 25 heavy (non-hydrogen) atoms. The van der Waals surface area contributed by atoms with Crippen molar-refractivity contribution in [3.8, 4) is 11.5 Å². The van der Waals surface area contributed by atoms with Crippen molar-refractivity contribution in [2.45, 2.75) is 19.9 Å². The third-order valence-corrected chi connectivity index (χ3v) is 3.53. The van der Waals surface area contributed by atoms with Crippen LogP contribution in [-0.2, 0) is 13.0 Å². The van der Waals surface area contributed by atoms with Crippen LogP contribution in [-0.4, -0.2) is 31.7 Å². The first-order chi connectivity index (χ1) is 11.6. The van der Waals surface area contributed by atoms with Crippen LogP contribution in [0.3, 0.4) is 0 Å². The minimum Gasteiger partial charge on any atom is -0.493 e. The molecule has 7 heteroatoms. The van der Waals surface area contributed by atoms with Gasteiger partial charge in [-0.3, -0.25) is 4.98 Å². The summed E-state index contributed by atoms with van der Waals surface area (Å²) < 4.78 is 10.5. The predicted molar refractivity (Wildman–Crippen MR) is 111 cm³/mol. The monoisotopic (exact) mass is 456 g/mol. The molecule has 0 bridgehead atoms. The van der Waals surface area contributed by atoms with Crippen molar-refractivity contribution in [3.05, 3.63) is 53.3 Å². The van der Waals surface area contributed by atoms with Gasteiger partial charge in [-0.2, -0.15) is 0 Å². The summed E-state index contributed by atoms with van der Waals surface area (Å²) in [6.45, 7) is 3.11. The van der Waals surface area contributed by atoms with E-state index in [9.17, 15) is 0 Å². The minimum absolute atomic E-state index is 0. The van der Waals surface area contributed by atoms with Crippen LogP contribution >= 0.6 is 24.0 Å². The van der Waals surface area contributed by atoms with Crippen molar-refractivity contribution in [2.24, 2.45) is 10.7 Å². The third kappa shape index (κ3) is 6.77. The summed E-state index contributed by atoms with van der Waals surface area (Å²) in [6, 6.07) is 11.7. The summed E-state index contributed by atoms with van der Waals surface area (Å²) in [6.07, 6.45) is 0.805. The number of pyridine rings is 1. The number of ether oxygens (including phenoxy) is 2. The second kappa shape index (κ2) is 10.8. The van der Waals surface area contributed by atoms with Crippen LogP contribution in [0.4, 0.5) is 0 Å². The Balaban J connectivity index is 0.00000312. The molecule has 0 atom stereocenters. The molecule has 6 nitrogen and oxygen atoms in total. The number of nitrogens with two attached hydrogens (primary N) is 1. The van der Waals surface area contributed by atoms with Gasteiger partial charge in [-0.05, 0) is 43.2 Å². The largest absolute Gasteiger partial charge is 0.493 e. The number of aliphatic imine (C=N–C) groups is 1. The van der Waals surface area contributed by atoms with Crippen molar-refractivity contribution in [1.29, 1.82) is 0 Å². The fourth-order valence-corrected chi connectivity index (χ4v) is 2.28. The Morgan fingerprint density at radius 2 is 1.92 bits per heavy atom. The average Bonchev–Trinajstić information content (AvgIpc) is 2.60. The second-order valence-corrected chi connectivity index (χ2v) is 5.34. The molecular weight excluding hydrogens is 431 g/mol. The minimum atomic E-state index is 0. The summed E-state index contributed by atoms with van der Waals surface area (Å²) in [5.74, 6) is 1.86. The van der Waals surface area contributed by atoms with E-state index >= 15 is 0 Å². The van der Waals surface area contributed by atoms with Crippen molar-refractivity contribution in [2.75, 3.05) is 20.8 Å². The van der Waals surface area contributed by atoms with Crippen LogP contribution in [0.1, 0.15) is 17.0 Å². The number of methoxy groups -OCH3 is 2. The molecule has 3 N–H and O–H groups in total. The molecule has 0 saturated heterocycles. The van der Waals surface area contributed by atoms with Crippen LogP contribution in [0.5, 0.6) is 11.5 Å². The number of hydrogen-bond donors (Lipinski definition) is 2. The van der Waals surface area contributed by atoms with Gasteiger partial charge in [-0.1, -0.05) is 12.1 Å². The molecule has 0 radical (unpaired) electrons. The van der Waals surface area contributed by atoms with Gasteiger partial charge >= 0.3 is 0 Å². The first-order valence-electron chi connectivity index (χ1n) is 7.79. The average molecular weight is 456 g/mol. The lowest BCUT2D eigenvalue weighted by Crippen LogP contribution is -2.33. The molecule has 0 aliphatic carbocycles. The van der Waals surface area contributed by atoms with E-state index < -0.39 is 0 Å². The first-order valence-corrected chi connectivity index (χ1v) is 7.79. The van der Waals surface area contributed by atoms with Gasteiger partial charge < -0.3 is 20.5 Å². The maximum absolute atomic E-state index is 5.89. The summed E-state index contributed by atoms with van der Waals surface area (Å²) in [5, 5.41) is 3.11. The Bertz CT molecular complexity index is 707. The Morgan fingerprint density at radius 1 is 1.16 bits per heavy atom. The van der Waals surface area contributed by atoms with Gasteiger partial charge in [-0.15, -0.1) is 24.0 Å². The van der Waals surface area contributed by atoms with Crippen molar-refractivity contribution in [3.63, 3.8) is 0 Å². The number of hydrogen-bond acceptors (Lipinski definition) is 4. The number of halogens is 1. The van der Waals surface area contributed by atoms with E-state index in [-0.39, 0.29) is 24.0 Å². The maximum Gasteiger partial charge on any atom is 0.188 e. The highest BCUT2D eigenvalue weighted by Gasteiger charge is 2.04. The van der Waals surface area contributed by atoms with E-state index in [1.807, 2.05) is 43.3 Å². The van der Waals surface area contributed by atoms with Gasteiger partial charge in [0.15, 0.2) is 17.5 Å². The highest BCUT2D eigenvalue weighted by molar-refractivity contribution is 14.0. The molecule has 0 amide bonds. The van der Waals surface area contributed by atoms with E-state index in [1.165, 1.54) is 0 Å². The second-order valence-electron chi connectivity index (χ2n) is 5.34. The van der Waals surface area contributed by atoms with Gasteiger partial charge in [0.2, 0.25) is 0 Å². The fraction of sp³-hybridized carbons (Fsp3) is 0.333. The summed E-state index contributed by atoms with van der Waals surface area (Å²) >= 11 is 0. The van der Waals surface area contributed by atoms with Crippen LogP contribution in [0, 0.1) is 6.92 Å². The predicted octanol–water partition coefficient (Wildman–Crippen LogP) is 2.67. The van der Waals surface area contributed by atoms with Gasteiger partial charge in [0.05, 0.1) is 26.5 Å². The zero-order valence-corrected chi connectivity index (χ0v) is 17.1. The highest BCUT2D eigenvalue weighted by Crippen LogP contribution is 2.27. The Hall–Kier alpha value is -2.03. The lowest BCUT2D eigenvalue weighted by Gasteiger charge is -2.10. The number of nitrogens with zero attached hydrogens (tertiary/aromatic N) is 2. The zero-order chi connectivity index (χ0) is 17.4. The van der Waals surface area contributed by atoms with E-state index in [1.54, 1.807) is 14.2 Å². The quantitative estimate of drug-likeness (QED) is 0.381. The number of guanidine groups is 1. The van der Waals surface area contributed by atoms with E-state index in [4.69, 9.17) is 15.2 Å². The number of aryl methyl sites for hydroxylation is 1. The fourth-order valence-electron chi connectivity index (χ4n) is 2.28. The highest BCUT2D eigenvalue weighted by atomic mass is 127. The molecular formula is C18H25IN4O2. The Morgan fingerprint density at radius 3 is 2.60 bits per heavy atom. The maximum atomic E-state index is 5.89. The molecule has 0 unspecified atom stereocenters. The number of aromatic nitrogens is 1.